The van der Waals surface area contributed by atoms with Crippen LogP contribution in [0, 0.1) is 11.6 Å². The molecule has 3 aromatic rings. The molecule has 0 atom stereocenters. The molecule has 0 radical (unpaired) electrons. The number of nitrogens with one attached hydrogen (secondary N) is 2. The third-order valence-electron chi connectivity index (χ3n) is 5.37. The van der Waals surface area contributed by atoms with Crippen LogP contribution in [0.15, 0.2) is 36.4 Å². The standard InChI is InChI=1S/C24H24F2N4O4/c1-13(2)34-20-10-7-14(11-21(20)33-3)23(31)27-28-24(32)22-16-5-4-6-19(16)30(29-22)15-8-9-17(25)18(26)12-15/h7-13H,4-6H2,1-3H3,(H,27,31)(H,28,32). The minimum absolute atomic E-state index is 0.0687. The lowest BCUT2D eigenvalue weighted by molar-refractivity contribution is 0.0843. The molecule has 4 rings (SSSR count). The van der Waals surface area contributed by atoms with Crippen LogP contribution >= 0.6 is 0 Å². The van der Waals surface area contributed by atoms with Gasteiger partial charge < -0.3 is 9.47 Å². The maximum absolute atomic E-state index is 13.7. The average molecular weight is 470 g/mol. The number of amides is 2. The molecular formula is C24H24F2N4O4. The Morgan fingerprint density at radius 2 is 1.76 bits per heavy atom. The molecule has 0 aliphatic heterocycles. The highest BCUT2D eigenvalue weighted by Crippen LogP contribution is 2.30. The van der Waals surface area contributed by atoms with Gasteiger partial charge >= 0.3 is 0 Å². The van der Waals surface area contributed by atoms with Crippen LogP contribution in [0.25, 0.3) is 5.69 Å². The second-order valence-electron chi connectivity index (χ2n) is 8.08. The summed E-state index contributed by atoms with van der Waals surface area (Å²) in [6, 6.07) is 8.12. The molecule has 2 N–H and O–H groups in total. The first-order chi connectivity index (χ1) is 16.3. The molecule has 0 spiro atoms. The number of hydrogen-bond acceptors (Lipinski definition) is 5. The molecule has 0 saturated carbocycles. The van der Waals surface area contributed by atoms with Crippen molar-refractivity contribution in [2.45, 2.75) is 39.2 Å². The lowest BCUT2D eigenvalue weighted by Gasteiger charge is -2.14. The summed E-state index contributed by atoms with van der Waals surface area (Å²) in [6.07, 6.45) is 1.99. The maximum atomic E-state index is 13.7. The normalized spacial score (nSPS) is 12.4. The Morgan fingerprint density at radius 1 is 1.00 bits per heavy atom. The van der Waals surface area contributed by atoms with Crippen LogP contribution in [0.3, 0.4) is 0 Å². The molecule has 1 heterocycles. The maximum Gasteiger partial charge on any atom is 0.290 e. The van der Waals surface area contributed by atoms with E-state index in [9.17, 15) is 18.4 Å². The fourth-order valence-corrected chi connectivity index (χ4v) is 3.86. The number of carbonyl (C=O) groups is 2. The van der Waals surface area contributed by atoms with E-state index in [0.29, 0.717) is 35.6 Å². The highest BCUT2D eigenvalue weighted by molar-refractivity contribution is 5.99. The van der Waals surface area contributed by atoms with Gasteiger partial charge in [-0.05, 0) is 63.4 Å². The zero-order valence-electron chi connectivity index (χ0n) is 18.9. The number of benzene rings is 2. The summed E-state index contributed by atoms with van der Waals surface area (Å²) in [4.78, 5) is 25.4. The number of nitrogens with zero attached hydrogens (tertiary/aromatic N) is 2. The predicted octanol–water partition coefficient (Wildman–Crippen LogP) is 3.51. The molecule has 0 saturated heterocycles. The van der Waals surface area contributed by atoms with E-state index in [1.54, 1.807) is 12.1 Å². The van der Waals surface area contributed by atoms with Crippen LogP contribution < -0.4 is 20.3 Å². The van der Waals surface area contributed by atoms with Gasteiger partial charge in [0.15, 0.2) is 28.8 Å². The van der Waals surface area contributed by atoms with Gasteiger partial charge in [-0.15, -0.1) is 0 Å². The van der Waals surface area contributed by atoms with E-state index >= 15 is 0 Å². The average Bonchev–Trinajstić information content (AvgIpc) is 3.42. The largest absolute Gasteiger partial charge is 0.493 e. The molecule has 1 aliphatic carbocycles. The molecular weight excluding hydrogens is 446 g/mol. The molecule has 2 aromatic carbocycles. The summed E-state index contributed by atoms with van der Waals surface area (Å²) >= 11 is 0. The van der Waals surface area contributed by atoms with Crippen molar-refractivity contribution in [2.75, 3.05) is 7.11 Å². The minimum Gasteiger partial charge on any atom is -0.493 e. The smallest absolute Gasteiger partial charge is 0.290 e. The van der Waals surface area contributed by atoms with Gasteiger partial charge in [0.2, 0.25) is 0 Å². The molecule has 0 bridgehead atoms. The first-order valence-electron chi connectivity index (χ1n) is 10.8. The van der Waals surface area contributed by atoms with Crippen molar-refractivity contribution < 1.29 is 27.8 Å². The van der Waals surface area contributed by atoms with E-state index in [1.165, 1.54) is 23.9 Å². The summed E-state index contributed by atoms with van der Waals surface area (Å²) in [5.74, 6) is -2.25. The zero-order valence-corrected chi connectivity index (χ0v) is 18.9. The molecule has 0 unspecified atom stereocenters. The zero-order chi connectivity index (χ0) is 24.4. The van der Waals surface area contributed by atoms with Gasteiger partial charge in [-0.3, -0.25) is 20.4 Å². The van der Waals surface area contributed by atoms with Gasteiger partial charge in [0.05, 0.1) is 18.9 Å². The summed E-state index contributed by atoms with van der Waals surface area (Å²) in [5, 5.41) is 4.32. The molecule has 178 valence electrons. The molecule has 2 amide bonds. The van der Waals surface area contributed by atoms with E-state index < -0.39 is 23.4 Å². The first-order valence-corrected chi connectivity index (χ1v) is 10.8. The van der Waals surface area contributed by atoms with Crippen LogP contribution in [0.4, 0.5) is 8.78 Å². The van der Waals surface area contributed by atoms with E-state index in [-0.39, 0.29) is 17.4 Å². The van der Waals surface area contributed by atoms with Gasteiger partial charge in [-0.25, -0.2) is 13.5 Å². The number of halogens is 2. The van der Waals surface area contributed by atoms with Gasteiger partial charge in [0.25, 0.3) is 11.8 Å². The summed E-state index contributed by atoms with van der Waals surface area (Å²) < 4.78 is 39.4. The van der Waals surface area contributed by atoms with Crippen LogP contribution in [0.1, 0.15) is 52.4 Å². The predicted molar refractivity (Wildman–Crippen MR) is 119 cm³/mol. The molecule has 1 aliphatic rings. The van der Waals surface area contributed by atoms with Crippen molar-refractivity contribution in [3.8, 4) is 17.2 Å². The SMILES string of the molecule is COc1cc(C(=O)NNC(=O)c2nn(-c3ccc(F)c(F)c3)c3c2CCC3)ccc1OC(C)C. The monoisotopic (exact) mass is 470 g/mol. The topological polar surface area (TPSA) is 94.5 Å². The van der Waals surface area contributed by atoms with Gasteiger partial charge in [-0.2, -0.15) is 5.10 Å². The van der Waals surface area contributed by atoms with Gasteiger partial charge in [0, 0.05) is 22.9 Å². The minimum atomic E-state index is -1.00. The van der Waals surface area contributed by atoms with Crippen molar-refractivity contribution in [3.05, 3.63) is 70.5 Å². The Bertz CT molecular complexity index is 1260. The quantitative estimate of drug-likeness (QED) is 0.538. The Balaban J connectivity index is 1.50. The Hall–Kier alpha value is -3.95. The third kappa shape index (κ3) is 4.57. The van der Waals surface area contributed by atoms with E-state index in [1.807, 2.05) is 13.8 Å². The fraction of sp³-hybridized carbons (Fsp3) is 0.292. The Kier molecular flexibility index (Phi) is 6.49. The molecule has 34 heavy (non-hydrogen) atoms. The molecule has 0 fully saturated rings. The van der Waals surface area contributed by atoms with E-state index in [0.717, 1.165) is 24.2 Å². The third-order valence-corrected chi connectivity index (χ3v) is 5.37. The number of carbonyl (C=O) groups excluding carboxylic acids is 2. The van der Waals surface area contributed by atoms with Crippen molar-refractivity contribution in [2.24, 2.45) is 0 Å². The van der Waals surface area contributed by atoms with Gasteiger partial charge in [-0.1, -0.05) is 0 Å². The molecule has 1 aromatic heterocycles. The molecule has 8 nitrogen and oxygen atoms in total. The van der Waals surface area contributed by atoms with Gasteiger partial charge in [0.1, 0.15) is 0 Å². The number of hydrazine groups is 1. The second-order valence-corrected chi connectivity index (χ2v) is 8.08. The van der Waals surface area contributed by atoms with E-state index in [2.05, 4.69) is 16.0 Å². The Labute approximate surface area is 194 Å². The number of hydrogen-bond donors (Lipinski definition) is 2. The number of aromatic nitrogens is 2. The number of fused-ring (bicyclic) bond motifs is 1. The van der Waals surface area contributed by atoms with Crippen LogP contribution in [-0.2, 0) is 12.8 Å². The van der Waals surface area contributed by atoms with Crippen LogP contribution in [0.2, 0.25) is 0 Å². The van der Waals surface area contributed by atoms with Crippen molar-refractivity contribution in [1.82, 2.24) is 20.6 Å². The van der Waals surface area contributed by atoms with Crippen LogP contribution in [0.5, 0.6) is 11.5 Å². The number of ether oxygens (including phenoxy) is 2. The molecule has 10 heteroatoms. The van der Waals surface area contributed by atoms with Crippen molar-refractivity contribution >= 4 is 11.8 Å². The first kappa shape index (κ1) is 23.2. The Morgan fingerprint density at radius 3 is 2.47 bits per heavy atom. The number of rotatable bonds is 6. The van der Waals surface area contributed by atoms with Crippen molar-refractivity contribution in [1.29, 1.82) is 0 Å². The van der Waals surface area contributed by atoms with E-state index in [4.69, 9.17) is 9.47 Å². The highest BCUT2D eigenvalue weighted by atomic mass is 19.2. The summed E-state index contributed by atoms with van der Waals surface area (Å²) in [7, 11) is 1.47. The summed E-state index contributed by atoms with van der Waals surface area (Å²) in [5.41, 5.74) is 6.91. The van der Waals surface area contributed by atoms with Crippen molar-refractivity contribution in [3.63, 3.8) is 0 Å². The summed E-state index contributed by atoms with van der Waals surface area (Å²) in [6.45, 7) is 3.75. The number of methoxy groups -OCH3 is 1. The lowest BCUT2D eigenvalue weighted by atomic mass is 10.2. The lowest BCUT2D eigenvalue weighted by Crippen LogP contribution is -2.42. The van der Waals surface area contributed by atoms with Crippen LogP contribution in [-0.4, -0.2) is 34.8 Å². The highest BCUT2D eigenvalue weighted by Gasteiger charge is 2.27. The fourth-order valence-electron chi connectivity index (χ4n) is 3.86. The second kappa shape index (κ2) is 9.50.